The summed E-state index contributed by atoms with van der Waals surface area (Å²) < 4.78 is 12.6. The minimum absolute atomic E-state index is 0.134. The van der Waals surface area contributed by atoms with E-state index in [4.69, 9.17) is 9.47 Å². The molecule has 1 N–H and O–H groups in total. The Bertz CT molecular complexity index is 1310. The minimum Gasteiger partial charge on any atom is -0.497 e. The van der Waals surface area contributed by atoms with Gasteiger partial charge in [0.1, 0.15) is 23.8 Å². The van der Waals surface area contributed by atoms with E-state index in [9.17, 15) is 9.59 Å². The van der Waals surface area contributed by atoms with Gasteiger partial charge in [0.05, 0.1) is 12.8 Å². The first kappa shape index (κ1) is 20.2. The highest BCUT2D eigenvalue weighted by Crippen LogP contribution is 2.24. The van der Waals surface area contributed by atoms with E-state index in [1.165, 1.54) is 10.5 Å². The molecule has 4 aromatic rings. The van der Waals surface area contributed by atoms with E-state index in [0.29, 0.717) is 34.1 Å². The van der Waals surface area contributed by atoms with Crippen LogP contribution in [0.5, 0.6) is 11.5 Å². The summed E-state index contributed by atoms with van der Waals surface area (Å²) in [7, 11) is 1.56. The predicted molar refractivity (Wildman–Crippen MR) is 118 cm³/mol. The van der Waals surface area contributed by atoms with Crippen LogP contribution < -0.4 is 20.3 Å². The Morgan fingerprint density at radius 3 is 2.77 bits per heavy atom. The Morgan fingerprint density at radius 2 is 1.94 bits per heavy atom. The van der Waals surface area contributed by atoms with Crippen molar-refractivity contribution in [2.24, 2.45) is 0 Å². The van der Waals surface area contributed by atoms with Crippen molar-refractivity contribution < 1.29 is 14.3 Å². The lowest BCUT2D eigenvalue weighted by atomic mass is 10.1. The minimum atomic E-state index is -0.252. The molecule has 0 unspecified atom stereocenters. The predicted octanol–water partition coefficient (Wildman–Crippen LogP) is 3.84. The monoisotopic (exact) mass is 415 g/mol. The van der Waals surface area contributed by atoms with Gasteiger partial charge < -0.3 is 14.8 Å². The molecule has 0 saturated heterocycles. The average Bonchev–Trinajstić information content (AvgIpc) is 2.79. The molecule has 0 aliphatic rings. The van der Waals surface area contributed by atoms with Crippen LogP contribution in [0.1, 0.15) is 21.6 Å². The van der Waals surface area contributed by atoms with Crippen molar-refractivity contribution in [1.29, 1.82) is 0 Å². The molecule has 156 valence electrons. The van der Waals surface area contributed by atoms with Gasteiger partial charge in [-0.1, -0.05) is 18.2 Å². The SMILES string of the molecule is COc1cccc(C(=O)Nc2ccc(C)c(OCc3cc(=O)n4ccccc4n3)c2)c1. The number of aromatic nitrogens is 2. The lowest BCUT2D eigenvalue weighted by molar-refractivity contribution is 0.102. The standard InChI is InChI=1S/C24H21N3O4/c1-16-9-10-18(26-24(29)17-6-5-7-20(12-17)30-2)13-21(16)31-15-19-14-23(28)27-11-4-3-8-22(27)25-19/h3-14H,15H2,1-2H3,(H,26,29). The summed E-state index contributed by atoms with van der Waals surface area (Å²) in [6.45, 7) is 2.04. The zero-order chi connectivity index (χ0) is 21.8. The summed E-state index contributed by atoms with van der Waals surface area (Å²) in [5.74, 6) is 0.954. The van der Waals surface area contributed by atoms with E-state index in [0.717, 1.165) is 5.56 Å². The first-order valence-corrected chi connectivity index (χ1v) is 9.70. The fourth-order valence-corrected chi connectivity index (χ4v) is 3.13. The fraction of sp³-hybridized carbons (Fsp3) is 0.125. The maximum atomic E-state index is 12.6. The number of carbonyl (C=O) groups excluding carboxylic acids is 1. The number of nitrogens with zero attached hydrogens (tertiary/aromatic N) is 2. The number of rotatable bonds is 6. The summed E-state index contributed by atoms with van der Waals surface area (Å²) in [4.78, 5) is 29.3. The van der Waals surface area contributed by atoms with Gasteiger partial charge in [0.25, 0.3) is 11.5 Å². The number of anilines is 1. The van der Waals surface area contributed by atoms with Gasteiger partial charge in [-0.05, 0) is 48.9 Å². The van der Waals surface area contributed by atoms with Crippen LogP contribution >= 0.6 is 0 Å². The Labute approximate surface area is 178 Å². The Kier molecular flexibility index (Phi) is 5.66. The number of hydrogen-bond donors (Lipinski definition) is 1. The number of hydrogen-bond acceptors (Lipinski definition) is 5. The van der Waals surface area contributed by atoms with E-state index < -0.39 is 0 Å². The molecular formula is C24H21N3O4. The largest absolute Gasteiger partial charge is 0.497 e. The second-order valence-electron chi connectivity index (χ2n) is 6.97. The van der Waals surface area contributed by atoms with Gasteiger partial charge in [-0.25, -0.2) is 4.98 Å². The van der Waals surface area contributed by atoms with E-state index in [1.54, 1.807) is 61.8 Å². The van der Waals surface area contributed by atoms with Gasteiger partial charge in [-0.2, -0.15) is 0 Å². The third-order valence-corrected chi connectivity index (χ3v) is 4.78. The summed E-state index contributed by atoms with van der Waals surface area (Å²) in [6, 6.07) is 19.2. The molecule has 0 radical (unpaired) electrons. The number of amides is 1. The molecule has 0 aliphatic heterocycles. The lowest BCUT2D eigenvalue weighted by Crippen LogP contribution is -2.16. The molecule has 2 aromatic heterocycles. The number of carbonyl (C=O) groups is 1. The molecule has 7 heteroatoms. The van der Waals surface area contributed by atoms with Crippen molar-refractivity contribution >= 4 is 17.2 Å². The number of nitrogens with one attached hydrogen (secondary N) is 1. The molecule has 0 aliphatic carbocycles. The molecule has 0 atom stereocenters. The first-order valence-electron chi connectivity index (χ1n) is 9.70. The molecule has 0 fully saturated rings. The Hall–Kier alpha value is -4.13. The molecule has 0 bridgehead atoms. The van der Waals surface area contributed by atoms with Crippen LogP contribution in [0, 0.1) is 6.92 Å². The van der Waals surface area contributed by atoms with E-state index >= 15 is 0 Å². The number of benzene rings is 2. The summed E-state index contributed by atoms with van der Waals surface area (Å²) in [5, 5.41) is 2.87. The van der Waals surface area contributed by atoms with Crippen molar-refractivity contribution in [2.75, 3.05) is 12.4 Å². The average molecular weight is 415 g/mol. The molecule has 31 heavy (non-hydrogen) atoms. The van der Waals surface area contributed by atoms with Gasteiger partial charge >= 0.3 is 0 Å². The highest BCUT2D eigenvalue weighted by Gasteiger charge is 2.10. The van der Waals surface area contributed by atoms with E-state index in [1.807, 2.05) is 19.1 Å². The van der Waals surface area contributed by atoms with Crippen molar-refractivity contribution in [2.45, 2.75) is 13.5 Å². The van der Waals surface area contributed by atoms with Crippen LogP contribution in [0.2, 0.25) is 0 Å². The van der Waals surface area contributed by atoms with Crippen LogP contribution in [0.4, 0.5) is 5.69 Å². The summed E-state index contributed by atoms with van der Waals surface area (Å²) in [6.07, 6.45) is 1.67. The quantitative estimate of drug-likeness (QED) is 0.517. The molecular weight excluding hydrogens is 394 g/mol. The van der Waals surface area contributed by atoms with Crippen LogP contribution in [-0.4, -0.2) is 22.4 Å². The lowest BCUT2D eigenvalue weighted by Gasteiger charge is -2.12. The van der Waals surface area contributed by atoms with Gasteiger partial charge in [-0.3, -0.25) is 14.0 Å². The topological polar surface area (TPSA) is 81.9 Å². The van der Waals surface area contributed by atoms with Crippen molar-refractivity contribution in [1.82, 2.24) is 9.38 Å². The zero-order valence-corrected chi connectivity index (χ0v) is 17.2. The van der Waals surface area contributed by atoms with Crippen LogP contribution in [0.15, 0.2) is 77.7 Å². The molecule has 0 saturated carbocycles. The van der Waals surface area contributed by atoms with Gasteiger partial charge in [0.15, 0.2) is 0 Å². The van der Waals surface area contributed by atoms with Crippen LogP contribution in [0.3, 0.4) is 0 Å². The molecule has 4 rings (SSSR count). The number of pyridine rings is 1. The van der Waals surface area contributed by atoms with Gasteiger partial charge in [-0.15, -0.1) is 0 Å². The molecule has 0 spiro atoms. The second-order valence-corrected chi connectivity index (χ2v) is 6.97. The smallest absolute Gasteiger partial charge is 0.258 e. The summed E-state index contributed by atoms with van der Waals surface area (Å²) in [5.41, 5.74) is 2.91. The maximum absolute atomic E-state index is 12.6. The van der Waals surface area contributed by atoms with Crippen molar-refractivity contribution in [3.8, 4) is 11.5 Å². The van der Waals surface area contributed by atoms with Gasteiger partial charge in [0, 0.05) is 29.6 Å². The third kappa shape index (κ3) is 4.56. The van der Waals surface area contributed by atoms with Crippen molar-refractivity contribution in [3.63, 3.8) is 0 Å². The Morgan fingerprint density at radius 1 is 1.06 bits per heavy atom. The second kappa shape index (κ2) is 8.71. The van der Waals surface area contributed by atoms with E-state index in [-0.39, 0.29) is 18.1 Å². The number of aryl methyl sites for hydroxylation is 1. The summed E-state index contributed by atoms with van der Waals surface area (Å²) >= 11 is 0. The van der Waals surface area contributed by atoms with Gasteiger partial charge in [0.2, 0.25) is 0 Å². The highest BCUT2D eigenvalue weighted by molar-refractivity contribution is 6.04. The Balaban J connectivity index is 1.50. The molecule has 2 aromatic carbocycles. The number of ether oxygens (including phenoxy) is 2. The zero-order valence-electron chi connectivity index (χ0n) is 17.2. The van der Waals surface area contributed by atoms with Crippen LogP contribution in [-0.2, 0) is 6.61 Å². The fourth-order valence-electron chi connectivity index (χ4n) is 3.13. The highest BCUT2D eigenvalue weighted by atomic mass is 16.5. The number of methoxy groups -OCH3 is 1. The van der Waals surface area contributed by atoms with Crippen molar-refractivity contribution in [3.05, 3.63) is 100 Å². The number of fused-ring (bicyclic) bond motifs is 1. The molecule has 1 amide bonds. The third-order valence-electron chi connectivity index (χ3n) is 4.78. The first-order chi connectivity index (χ1) is 15.0. The molecule has 7 nitrogen and oxygen atoms in total. The van der Waals surface area contributed by atoms with E-state index in [2.05, 4.69) is 10.3 Å². The maximum Gasteiger partial charge on any atom is 0.258 e. The van der Waals surface area contributed by atoms with Crippen LogP contribution in [0.25, 0.3) is 5.65 Å². The molecule has 2 heterocycles. The normalized spacial score (nSPS) is 10.6.